The molecule has 2 aromatic rings. The second-order valence-corrected chi connectivity index (χ2v) is 6.45. The van der Waals surface area contributed by atoms with E-state index in [1.807, 2.05) is 0 Å². The summed E-state index contributed by atoms with van der Waals surface area (Å²) in [4.78, 5) is 0. The molecule has 0 bridgehead atoms. The minimum absolute atomic E-state index is 0.428. The van der Waals surface area contributed by atoms with E-state index in [2.05, 4.69) is 42.6 Å². The summed E-state index contributed by atoms with van der Waals surface area (Å²) in [6, 6.07) is 11.0. The van der Waals surface area contributed by atoms with Gasteiger partial charge in [-0.05, 0) is 55.7 Å². The van der Waals surface area contributed by atoms with Crippen molar-refractivity contribution in [3.63, 3.8) is 0 Å². The van der Waals surface area contributed by atoms with Crippen molar-refractivity contribution >= 4 is 11.0 Å². The molecule has 3 atom stereocenters. The number of hydrogen-bond donors (Lipinski definition) is 1. The van der Waals surface area contributed by atoms with E-state index < -0.39 is 0 Å². The highest BCUT2D eigenvalue weighted by atomic mass is 16.3. The molecule has 4 rings (SSSR count). The van der Waals surface area contributed by atoms with Crippen LogP contribution in [0.5, 0.6) is 0 Å². The lowest BCUT2D eigenvalue weighted by molar-refractivity contribution is 0.359. The van der Waals surface area contributed by atoms with Crippen molar-refractivity contribution in [3.05, 3.63) is 36.1 Å². The normalized spacial score (nSPS) is 29.6. The quantitative estimate of drug-likeness (QED) is 0.863. The first kappa shape index (κ1) is 12.5. The van der Waals surface area contributed by atoms with Crippen LogP contribution in [-0.4, -0.2) is 6.54 Å². The molecule has 20 heavy (non-hydrogen) atoms. The van der Waals surface area contributed by atoms with E-state index in [1.54, 1.807) is 0 Å². The molecule has 0 radical (unpaired) electrons. The summed E-state index contributed by atoms with van der Waals surface area (Å²) in [6.45, 7) is 3.31. The van der Waals surface area contributed by atoms with Crippen molar-refractivity contribution in [2.24, 2.45) is 17.8 Å². The summed E-state index contributed by atoms with van der Waals surface area (Å²) < 4.78 is 6.13. The van der Waals surface area contributed by atoms with Gasteiger partial charge in [-0.15, -0.1) is 0 Å². The van der Waals surface area contributed by atoms with E-state index in [4.69, 9.17) is 4.42 Å². The fraction of sp³-hybridized carbons (Fsp3) is 0.556. The number of para-hydroxylation sites is 1. The number of furan rings is 1. The van der Waals surface area contributed by atoms with E-state index in [-0.39, 0.29) is 0 Å². The molecule has 1 aromatic carbocycles. The van der Waals surface area contributed by atoms with Gasteiger partial charge in [0.2, 0.25) is 0 Å². The van der Waals surface area contributed by atoms with Crippen molar-refractivity contribution in [1.82, 2.24) is 5.32 Å². The Morgan fingerprint density at radius 2 is 2.05 bits per heavy atom. The van der Waals surface area contributed by atoms with Crippen LogP contribution in [0, 0.1) is 17.8 Å². The van der Waals surface area contributed by atoms with Gasteiger partial charge < -0.3 is 9.73 Å². The summed E-state index contributed by atoms with van der Waals surface area (Å²) in [6.07, 6.45) is 5.48. The number of nitrogens with one attached hydrogen (secondary N) is 1. The van der Waals surface area contributed by atoms with Gasteiger partial charge in [0, 0.05) is 5.39 Å². The topological polar surface area (TPSA) is 25.2 Å². The van der Waals surface area contributed by atoms with Crippen LogP contribution in [0.15, 0.2) is 34.7 Å². The summed E-state index contributed by atoms with van der Waals surface area (Å²) in [5, 5.41) is 4.98. The monoisotopic (exact) mass is 269 g/mol. The standard InChI is InChI=1S/C18H23NO/c1-2-10-19-18(17-13-7-5-8-14(13)17)16-11-12-6-3-4-9-15(12)20-16/h3-4,6,9,11,13-14,17-19H,2,5,7-8,10H2,1H3. The third-order valence-corrected chi connectivity index (χ3v) is 5.22. The average Bonchev–Trinajstić information content (AvgIpc) is 2.85. The molecule has 2 fully saturated rings. The molecule has 2 nitrogen and oxygen atoms in total. The second-order valence-electron chi connectivity index (χ2n) is 6.45. The summed E-state index contributed by atoms with van der Waals surface area (Å²) in [5.41, 5.74) is 1.02. The Bertz CT molecular complexity index is 559. The first-order valence-electron chi connectivity index (χ1n) is 8.10. The molecule has 1 heterocycles. The van der Waals surface area contributed by atoms with Crippen LogP contribution in [0.25, 0.3) is 11.0 Å². The first-order chi connectivity index (χ1) is 9.88. The SMILES string of the molecule is CCCNC(c1cc2ccccc2o1)C1C2CCCC21. The summed E-state index contributed by atoms with van der Waals surface area (Å²) in [5.74, 6) is 3.88. The van der Waals surface area contributed by atoms with Gasteiger partial charge in [-0.2, -0.15) is 0 Å². The Hall–Kier alpha value is -1.28. The van der Waals surface area contributed by atoms with E-state index in [0.29, 0.717) is 6.04 Å². The van der Waals surface area contributed by atoms with Crippen molar-refractivity contribution in [1.29, 1.82) is 0 Å². The Kier molecular flexibility index (Phi) is 3.07. The Labute approximate surface area is 120 Å². The van der Waals surface area contributed by atoms with Gasteiger partial charge >= 0.3 is 0 Å². The number of rotatable bonds is 5. The van der Waals surface area contributed by atoms with Crippen molar-refractivity contribution in [2.75, 3.05) is 6.54 Å². The molecular formula is C18H23NO. The molecular weight excluding hydrogens is 246 g/mol. The van der Waals surface area contributed by atoms with Crippen LogP contribution in [0.1, 0.15) is 44.4 Å². The van der Waals surface area contributed by atoms with Gasteiger partial charge in [0.1, 0.15) is 11.3 Å². The van der Waals surface area contributed by atoms with Gasteiger partial charge in [-0.3, -0.25) is 0 Å². The van der Waals surface area contributed by atoms with Crippen LogP contribution < -0.4 is 5.32 Å². The Morgan fingerprint density at radius 3 is 2.80 bits per heavy atom. The Balaban J connectivity index is 1.63. The Morgan fingerprint density at radius 1 is 1.25 bits per heavy atom. The third-order valence-electron chi connectivity index (χ3n) is 5.22. The van der Waals surface area contributed by atoms with Crippen LogP contribution in [0.4, 0.5) is 0 Å². The highest BCUT2D eigenvalue weighted by Crippen LogP contribution is 2.62. The summed E-state index contributed by atoms with van der Waals surface area (Å²) >= 11 is 0. The molecule has 1 N–H and O–H groups in total. The lowest BCUT2D eigenvalue weighted by atomic mass is 10.0. The molecule has 0 aliphatic heterocycles. The molecule has 0 saturated heterocycles. The van der Waals surface area contributed by atoms with E-state index in [1.165, 1.54) is 31.1 Å². The number of fused-ring (bicyclic) bond motifs is 2. The van der Waals surface area contributed by atoms with Gasteiger partial charge in [-0.25, -0.2) is 0 Å². The minimum Gasteiger partial charge on any atom is -0.459 e. The second kappa shape index (κ2) is 4.92. The van der Waals surface area contributed by atoms with Crippen LogP contribution >= 0.6 is 0 Å². The minimum atomic E-state index is 0.428. The zero-order valence-corrected chi connectivity index (χ0v) is 12.1. The van der Waals surface area contributed by atoms with Gasteiger partial charge in [0.05, 0.1) is 6.04 Å². The maximum Gasteiger partial charge on any atom is 0.134 e. The molecule has 2 saturated carbocycles. The van der Waals surface area contributed by atoms with E-state index in [9.17, 15) is 0 Å². The lowest BCUT2D eigenvalue weighted by Gasteiger charge is -2.18. The van der Waals surface area contributed by atoms with Crippen LogP contribution in [0.2, 0.25) is 0 Å². The van der Waals surface area contributed by atoms with Gasteiger partial charge in [0.15, 0.2) is 0 Å². The largest absolute Gasteiger partial charge is 0.459 e. The molecule has 2 heteroatoms. The zero-order chi connectivity index (χ0) is 13.5. The predicted octanol–water partition coefficient (Wildman–Crippen LogP) is 4.52. The molecule has 106 valence electrons. The highest BCUT2D eigenvalue weighted by molar-refractivity contribution is 5.77. The third kappa shape index (κ3) is 1.98. The summed E-state index contributed by atoms with van der Waals surface area (Å²) in [7, 11) is 0. The van der Waals surface area contributed by atoms with Crippen LogP contribution in [-0.2, 0) is 0 Å². The molecule has 0 spiro atoms. The molecule has 0 amide bonds. The van der Waals surface area contributed by atoms with Gasteiger partial charge in [0.25, 0.3) is 0 Å². The number of benzene rings is 1. The fourth-order valence-corrected chi connectivity index (χ4v) is 4.25. The zero-order valence-electron chi connectivity index (χ0n) is 12.1. The van der Waals surface area contributed by atoms with Crippen LogP contribution in [0.3, 0.4) is 0 Å². The van der Waals surface area contributed by atoms with Gasteiger partial charge in [-0.1, -0.05) is 31.5 Å². The maximum absolute atomic E-state index is 6.13. The number of hydrogen-bond acceptors (Lipinski definition) is 2. The first-order valence-corrected chi connectivity index (χ1v) is 8.10. The lowest BCUT2D eigenvalue weighted by Crippen LogP contribution is -2.25. The maximum atomic E-state index is 6.13. The molecule has 2 aliphatic rings. The predicted molar refractivity (Wildman–Crippen MR) is 81.6 cm³/mol. The van der Waals surface area contributed by atoms with Crippen molar-refractivity contribution in [2.45, 2.75) is 38.6 Å². The van der Waals surface area contributed by atoms with Crippen molar-refractivity contribution in [3.8, 4) is 0 Å². The van der Waals surface area contributed by atoms with E-state index >= 15 is 0 Å². The molecule has 1 aromatic heterocycles. The molecule has 3 unspecified atom stereocenters. The molecule has 2 aliphatic carbocycles. The van der Waals surface area contributed by atoms with E-state index in [0.717, 1.165) is 35.6 Å². The highest BCUT2D eigenvalue weighted by Gasteiger charge is 2.56. The smallest absolute Gasteiger partial charge is 0.134 e. The fourth-order valence-electron chi connectivity index (χ4n) is 4.25. The average molecular weight is 269 g/mol. The van der Waals surface area contributed by atoms with Crippen molar-refractivity contribution < 1.29 is 4.42 Å².